The molecule has 0 spiro atoms. The number of nitrogens with zero attached hydrogens (tertiary/aromatic N) is 3. The van der Waals surface area contributed by atoms with E-state index in [1.165, 1.54) is 0 Å². The van der Waals surface area contributed by atoms with Gasteiger partial charge in [0.05, 0.1) is 85.0 Å². The van der Waals surface area contributed by atoms with Gasteiger partial charge < -0.3 is 28.4 Å². The van der Waals surface area contributed by atoms with Crippen molar-refractivity contribution in [3.05, 3.63) is 11.9 Å². The van der Waals surface area contributed by atoms with Crippen molar-refractivity contribution in [1.29, 1.82) is 0 Å². The minimum Gasteiger partial charge on any atom is -0.377 e. The fourth-order valence-corrected chi connectivity index (χ4v) is 3.03. The van der Waals surface area contributed by atoms with Crippen LogP contribution in [0, 0.1) is 5.92 Å². The molecule has 210 valence electrons. The molecule has 0 amide bonds. The molecule has 1 aromatic rings. The summed E-state index contributed by atoms with van der Waals surface area (Å²) in [5.74, 6) is 0.474. The maximum Gasteiger partial charge on any atom is 0.135 e. The number of rotatable bonds is 26. The molecule has 0 bridgehead atoms. The molecule has 0 aliphatic rings. The van der Waals surface area contributed by atoms with Crippen molar-refractivity contribution in [3.8, 4) is 0 Å². The first-order valence-corrected chi connectivity index (χ1v) is 13.4. The van der Waals surface area contributed by atoms with Gasteiger partial charge in [0, 0.05) is 18.9 Å². The Kier molecular flexibility index (Phi) is 20.6. The number of hydrogen-bond donors (Lipinski definition) is 0. The van der Waals surface area contributed by atoms with Crippen molar-refractivity contribution in [2.75, 3.05) is 66.1 Å². The summed E-state index contributed by atoms with van der Waals surface area (Å²) in [5, 5.41) is 8.26. The SMILES string of the molecule is CCC(C)OCCOCCOCCOCCOCCOCc1cn(CCCCCC(=O)C(C)C)nn1. The lowest BCUT2D eigenvalue weighted by Crippen LogP contribution is -2.15. The third-order valence-electron chi connectivity index (χ3n) is 5.48. The average molecular weight is 516 g/mol. The first kappa shape index (κ1) is 32.6. The molecule has 1 aromatic heterocycles. The highest BCUT2D eigenvalue weighted by Gasteiger charge is 2.06. The van der Waals surface area contributed by atoms with Crippen LogP contribution in [0.3, 0.4) is 0 Å². The number of ether oxygens (including phenoxy) is 6. The topological polar surface area (TPSA) is 103 Å². The number of hydrogen-bond acceptors (Lipinski definition) is 9. The normalized spacial score (nSPS) is 12.5. The third-order valence-corrected chi connectivity index (χ3v) is 5.48. The highest BCUT2D eigenvalue weighted by molar-refractivity contribution is 5.80. The van der Waals surface area contributed by atoms with Gasteiger partial charge in [0.1, 0.15) is 11.5 Å². The first-order valence-electron chi connectivity index (χ1n) is 13.4. The second-order valence-corrected chi connectivity index (χ2v) is 9.00. The van der Waals surface area contributed by atoms with E-state index in [0.717, 1.165) is 37.9 Å². The smallest absolute Gasteiger partial charge is 0.135 e. The quantitative estimate of drug-likeness (QED) is 0.172. The predicted octanol–water partition coefficient (Wildman–Crippen LogP) is 3.46. The van der Waals surface area contributed by atoms with Gasteiger partial charge >= 0.3 is 0 Å². The molecular formula is C26H49N3O7. The first-order chi connectivity index (χ1) is 17.5. The summed E-state index contributed by atoms with van der Waals surface area (Å²) in [4.78, 5) is 11.6. The minimum absolute atomic E-state index is 0.133. The minimum atomic E-state index is 0.133. The molecule has 0 aromatic carbocycles. The standard InChI is InChI=1S/C26H49N3O7/c1-5-24(4)36-20-19-34-16-15-32-12-11-31-13-14-33-17-18-35-22-25-21-29(28-27-25)10-8-6-7-9-26(30)23(2)3/h21,23-24H,5-20,22H2,1-4H3. The summed E-state index contributed by atoms with van der Waals surface area (Å²) in [6.07, 6.45) is 6.81. The Morgan fingerprint density at radius 2 is 1.36 bits per heavy atom. The summed E-state index contributed by atoms with van der Waals surface area (Å²) >= 11 is 0. The summed E-state index contributed by atoms with van der Waals surface area (Å²) in [7, 11) is 0. The maximum atomic E-state index is 11.6. The Bertz CT molecular complexity index is 643. The van der Waals surface area contributed by atoms with Crippen LogP contribution in [0.1, 0.15) is 65.5 Å². The molecule has 0 saturated carbocycles. The monoisotopic (exact) mass is 515 g/mol. The summed E-state index contributed by atoms with van der Waals surface area (Å²) in [5.41, 5.74) is 0.804. The van der Waals surface area contributed by atoms with E-state index in [1.54, 1.807) is 0 Å². The van der Waals surface area contributed by atoms with Gasteiger partial charge in [0.2, 0.25) is 0 Å². The fourth-order valence-electron chi connectivity index (χ4n) is 3.03. The Balaban J connectivity index is 1.82. The number of aromatic nitrogens is 3. The Labute approximate surface area is 217 Å². The van der Waals surface area contributed by atoms with Gasteiger partial charge in [-0.3, -0.25) is 9.48 Å². The van der Waals surface area contributed by atoms with Crippen LogP contribution in [0.4, 0.5) is 0 Å². The van der Waals surface area contributed by atoms with Crippen LogP contribution in [0.25, 0.3) is 0 Å². The van der Waals surface area contributed by atoms with E-state index in [9.17, 15) is 4.79 Å². The van der Waals surface area contributed by atoms with Crippen LogP contribution in [-0.4, -0.2) is 92.9 Å². The molecule has 0 aliphatic carbocycles. The van der Waals surface area contributed by atoms with Crippen LogP contribution in [0.5, 0.6) is 0 Å². The lowest BCUT2D eigenvalue weighted by atomic mass is 10.0. The zero-order chi connectivity index (χ0) is 26.3. The van der Waals surface area contributed by atoms with Crippen LogP contribution in [-0.2, 0) is 46.4 Å². The van der Waals surface area contributed by atoms with E-state index >= 15 is 0 Å². The molecule has 1 unspecified atom stereocenters. The molecule has 10 heteroatoms. The molecule has 1 heterocycles. The van der Waals surface area contributed by atoms with E-state index in [4.69, 9.17) is 28.4 Å². The molecule has 0 fully saturated rings. The van der Waals surface area contributed by atoms with Crippen molar-refractivity contribution in [2.45, 2.75) is 79.1 Å². The largest absolute Gasteiger partial charge is 0.377 e. The van der Waals surface area contributed by atoms with Gasteiger partial charge in [-0.2, -0.15) is 0 Å². The van der Waals surface area contributed by atoms with Crippen molar-refractivity contribution in [2.24, 2.45) is 5.92 Å². The van der Waals surface area contributed by atoms with E-state index < -0.39 is 0 Å². The van der Waals surface area contributed by atoms with E-state index in [0.29, 0.717) is 84.9 Å². The third kappa shape index (κ3) is 18.8. The van der Waals surface area contributed by atoms with Crippen molar-refractivity contribution < 1.29 is 33.2 Å². The van der Waals surface area contributed by atoms with Gasteiger partial charge in [-0.15, -0.1) is 5.10 Å². The lowest BCUT2D eigenvalue weighted by molar-refractivity contribution is -0.122. The zero-order valence-electron chi connectivity index (χ0n) is 23.0. The molecule has 1 rings (SSSR count). The number of aryl methyl sites for hydroxylation is 1. The number of carbonyl (C=O) groups excluding carboxylic acids is 1. The van der Waals surface area contributed by atoms with Gasteiger partial charge in [-0.05, 0) is 26.2 Å². The van der Waals surface area contributed by atoms with Gasteiger partial charge in [0.25, 0.3) is 0 Å². The lowest BCUT2D eigenvalue weighted by Gasteiger charge is -2.10. The highest BCUT2D eigenvalue weighted by atomic mass is 16.6. The number of ketones is 1. The molecule has 0 aliphatic heterocycles. The van der Waals surface area contributed by atoms with Crippen molar-refractivity contribution in [3.63, 3.8) is 0 Å². The maximum absolute atomic E-state index is 11.6. The van der Waals surface area contributed by atoms with Crippen LogP contribution in [0.15, 0.2) is 6.20 Å². The van der Waals surface area contributed by atoms with Crippen LogP contribution >= 0.6 is 0 Å². The molecule has 10 nitrogen and oxygen atoms in total. The summed E-state index contributed by atoms with van der Waals surface area (Å²) in [6.45, 7) is 14.7. The highest BCUT2D eigenvalue weighted by Crippen LogP contribution is 2.07. The molecular weight excluding hydrogens is 466 g/mol. The Morgan fingerprint density at radius 1 is 0.806 bits per heavy atom. The van der Waals surface area contributed by atoms with Crippen molar-refractivity contribution >= 4 is 5.78 Å². The fraction of sp³-hybridized carbons (Fsp3) is 0.885. The van der Waals surface area contributed by atoms with Crippen LogP contribution < -0.4 is 0 Å². The van der Waals surface area contributed by atoms with E-state index in [2.05, 4.69) is 24.2 Å². The molecule has 1 atom stereocenters. The number of unbranched alkanes of at least 4 members (excludes halogenated alkanes) is 2. The molecule has 0 saturated heterocycles. The second-order valence-electron chi connectivity index (χ2n) is 9.00. The van der Waals surface area contributed by atoms with Crippen LogP contribution in [0.2, 0.25) is 0 Å². The molecule has 0 radical (unpaired) electrons. The number of carbonyl (C=O) groups is 1. The summed E-state index contributed by atoms with van der Waals surface area (Å²) < 4.78 is 34.8. The predicted molar refractivity (Wildman–Crippen MR) is 137 cm³/mol. The molecule has 36 heavy (non-hydrogen) atoms. The number of Topliss-reactive ketones (excluding diaryl/α,β-unsaturated/α-hetero) is 1. The Morgan fingerprint density at radius 3 is 1.92 bits per heavy atom. The summed E-state index contributed by atoms with van der Waals surface area (Å²) in [6, 6.07) is 0. The second kappa shape index (κ2) is 22.7. The van der Waals surface area contributed by atoms with Gasteiger partial charge in [-0.1, -0.05) is 32.4 Å². The zero-order valence-corrected chi connectivity index (χ0v) is 23.0. The molecule has 0 N–H and O–H groups in total. The average Bonchev–Trinajstić information content (AvgIpc) is 3.32. The van der Waals surface area contributed by atoms with E-state index in [-0.39, 0.29) is 12.0 Å². The van der Waals surface area contributed by atoms with Crippen molar-refractivity contribution in [1.82, 2.24) is 15.0 Å². The van der Waals surface area contributed by atoms with Gasteiger partial charge in [0.15, 0.2) is 0 Å². The van der Waals surface area contributed by atoms with E-state index in [1.807, 2.05) is 24.7 Å². The Hall–Kier alpha value is -1.43. The van der Waals surface area contributed by atoms with Gasteiger partial charge in [-0.25, -0.2) is 0 Å².